The molecule has 0 aliphatic heterocycles. The van der Waals surface area contributed by atoms with E-state index in [1.165, 1.54) is 0 Å². The SMILES string of the molecule is Cc1cccc(C(=O)NC(CC(=O)C(C)(C)C)C(=O)O)c1. The second-order valence-corrected chi connectivity index (χ2v) is 6.11. The van der Waals surface area contributed by atoms with Crippen LogP contribution in [0.25, 0.3) is 0 Å². The molecular weight excluding hydrogens is 270 g/mol. The van der Waals surface area contributed by atoms with Crippen LogP contribution >= 0.6 is 0 Å². The van der Waals surface area contributed by atoms with Gasteiger partial charge in [0.05, 0.1) is 0 Å². The Bertz CT molecular complexity index is 558. The normalized spacial score (nSPS) is 12.6. The molecule has 0 saturated heterocycles. The fourth-order valence-corrected chi connectivity index (χ4v) is 1.72. The van der Waals surface area contributed by atoms with Gasteiger partial charge in [0.2, 0.25) is 0 Å². The molecule has 0 fully saturated rings. The third-order valence-corrected chi connectivity index (χ3v) is 3.11. The van der Waals surface area contributed by atoms with Crippen LogP contribution in [0.5, 0.6) is 0 Å². The van der Waals surface area contributed by atoms with Crippen molar-refractivity contribution in [3.05, 3.63) is 35.4 Å². The van der Waals surface area contributed by atoms with Crippen molar-refractivity contribution in [1.29, 1.82) is 0 Å². The number of rotatable bonds is 5. The summed E-state index contributed by atoms with van der Waals surface area (Å²) in [6.45, 7) is 7.00. The van der Waals surface area contributed by atoms with E-state index in [9.17, 15) is 19.5 Å². The second-order valence-electron chi connectivity index (χ2n) is 6.11. The van der Waals surface area contributed by atoms with Crippen molar-refractivity contribution < 1.29 is 19.5 Å². The quantitative estimate of drug-likeness (QED) is 0.871. The van der Waals surface area contributed by atoms with Gasteiger partial charge in [0, 0.05) is 17.4 Å². The zero-order valence-electron chi connectivity index (χ0n) is 12.8. The largest absolute Gasteiger partial charge is 0.480 e. The monoisotopic (exact) mass is 291 g/mol. The van der Waals surface area contributed by atoms with E-state index in [1.807, 2.05) is 13.0 Å². The zero-order chi connectivity index (χ0) is 16.2. The van der Waals surface area contributed by atoms with Crippen molar-refractivity contribution in [2.24, 2.45) is 5.41 Å². The van der Waals surface area contributed by atoms with E-state index in [4.69, 9.17) is 0 Å². The lowest BCUT2D eigenvalue weighted by Gasteiger charge is -2.20. The van der Waals surface area contributed by atoms with Crippen molar-refractivity contribution >= 4 is 17.7 Å². The summed E-state index contributed by atoms with van der Waals surface area (Å²) < 4.78 is 0. The third kappa shape index (κ3) is 5.02. The molecular formula is C16H21NO4. The molecule has 0 saturated carbocycles. The molecule has 0 spiro atoms. The van der Waals surface area contributed by atoms with Crippen molar-refractivity contribution in [1.82, 2.24) is 5.32 Å². The van der Waals surface area contributed by atoms with Gasteiger partial charge in [-0.1, -0.05) is 38.5 Å². The van der Waals surface area contributed by atoms with Crippen LogP contribution in [0, 0.1) is 12.3 Å². The predicted molar refractivity (Wildman–Crippen MR) is 79.1 cm³/mol. The highest BCUT2D eigenvalue weighted by Crippen LogP contribution is 2.18. The van der Waals surface area contributed by atoms with Crippen LogP contribution in [0.2, 0.25) is 0 Å². The van der Waals surface area contributed by atoms with Crippen molar-refractivity contribution in [3.63, 3.8) is 0 Å². The van der Waals surface area contributed by atoms with Crippen LogP contribution in [0.15, 0.2) is 24.3 Å². The molecule has 1 unspecified atom stereocenters. The smallest absolute Gasteiger partial charge is 0.326 e. The first-order chi connectivity index (χ1) is 9.61. The molecule has 1 atom stereocenters. The molecule has 5 heteroatoms. The van der Waals surface area contributed by atoms with E-state index in [-0.39, 0.29) is 12.2 Å². The number of carboxylic acid groups (broad SMARTS) is 1. The number of hydrogen-bond acceptors (Lipinski definition) is 3. The van der Waals surface area contributed by atoms with Crippen LogP contribution in [-0.4, -0.2) is 28.8 Å². The Balaban J connectivity index is 2.82. The van der Waals surface area contributed by atoms with Gasteiger partial charge in [-0.3, -0.25) is 9.59 Å². The highest BCUT2D eigenvalue weighted by Gasteiger charge is 2.29. The average Bonchev–Trinajstić information content (AvgIpc) is 2.36. The van der Waals surface area contributed by atoms with E-state index in [0.717, 1.165) is 5.56 Å². The summed E-state index contributed by atoms with van der Waals surface area (Å²) >= 11 is 0. The van der Waals surface area contributed by atoms with Gasteiger partial charge >= 0.3 is 5.97 Å². The highest BCUT2D eigenvalue weighted by molar-refractivity contribution is 5.98. The average molecular weight is 291 g/mol. The van der Waals surface area contributed by atoms with Gasteiger partial charge in [0.15, 0.2) is 0 Å². The molecule has 2 N–H and O–H groups in total. The van der Waals surface area contributed by atoms with E-state index >= 15 is 0 Å². The minimum absolute atomic E-state index is 0.209. The number of carboxylic acids is 1. The Kier molecular flexibility index (Phi) is 5.24. The van der Waals surface area contributed by atoms with Gasteiger partial charge in [-0.25, -0.2) is 4.79 Å². The number of aliphatic carboxylic acids is 1. The van der Waals surface area contributed by atoms with Gasteiger partial charge in [-0.2, -0.15) is 0 Å². The summed E-state index contributed by atoms with van der Waals surface area (Å²) in [5.41, 5.74) is 0.645. The number of benzene rings is 1. The molecule has 1 aromatic carbocycles. The number of carbonyl (C=O) groups is 3. The minimum Gasteiger partial charge on any atom is -0.480 e. The lowest BCUT2D eigenvalue weighted by atomic mass is 9.87. The number of hydrogen-bond donors (Lipinski definition) is 2. The fourth-order valence-electron chi connectivity index (χ4n) is 1.72. The van der Waals surface area contributed by atoms with Crippen molar-refractivity contribution in [2.75, 3.05) is 0 Å². The second kappa shape index (κ2) is 6.52. The molecule has 1 aromatic rings. The first-order valence-electron chi connectivity index (χ1n) is 6.75. The summed E-state index contributed by atoms with van der Waals surface area (Å²) in [6, 6.07) is 5.62. The first-order valence-corrected chi connectivity index (χ1v) is 6.75. The Morgan fingerprint density at radius 1 is 1.24 bits per heavy atom. The molecule has 0 aromatic heterocycles. The minimum atomic E-state index is -1.22. The number of carbonyl (C=O) groups excluding carboxylic acids is 2. The van der Waals surface area contributed by atoms with Crippen LogP contribution in [-0.2, 0) is 9.59 Å². The number of Topliss-reactive ketones (excluding diaryl/α,β-unsaturated/α-hetero) is 1. The molecule has 0 heterocycles. The van der Waals surface area contributed by atoms with Crippen molar-refractivity contribution in [2.45, 2.75) is 40.2 Å². The Hall–Kier alpha value is -2.17. The van der Waals surface area contributed by atoms with Gasteiger partial charge < -0.3 is 10.4 Å². The standard InChI is InChI=1S/C16H21NO4/c1-10-6-5-7-11(8-10)14(19)17-12(15(20)21)9-13(18)16(2,3)4/h5-8,12H,9H2,1-4H3,(H,17,19)(H,20,21). The van der Waals surface area contributed by atoms with Gasteiger partial charge in [0.1, 0.15) is 11.8 Å². The lowest BCUT2D eigenvalue weighted by Crippen LogP contribution is -2.43. The number of aryl methyl sites for hydroxylation is 1. The van der Waals surface area contributed by atoms with E-state index in [2.05, 4.69) is 5.32 Å². The lowest BCUT2D eigenvalue weighted by molar-refractivity contribution is -0.142. The number of amides is 1. The molecule has 0 radical (unpaired) electrons. The topological polar surface area (TPSA) is 83.5 Å². The number of ketones is 1. The predicted octanol–water partition coefficient (Wildman–Crippen LogP) is 2.18. The van der Waals surface area contributed by atoms with E-state index in [1.54, 1.807) is 39.0 Å². The summed E-state index contributed by atoms with van der Waals surface area (Å²) in [6.07, 6.45) is -0.226. The molecule has 1 rings (SSSR count). The molecule has 0 aliphatic rings. The van der Waals surface area contributed by atoms with E-state index < -0.39 is 23.3 Å². The van der Waals surface area contributed by atoms with Crippen molar-refractivity contribution in [3.8, 4) is 0 Å². The van der Waals surface area contributed by atoms with E-state index in [0.29, 0.717) is 5.56 Å². The van der Waals surface area contributed by atoms with Crippen LogP contribution in [0.4, 0.5) is 0 Å². The highest BCUT2D eigenvalue weighted by atomic mass is 16.4. The third-order valence-electron chi connectivity index (χ3n) is 3.11. The van der Waals surface area contributed by atoms with Crippen LogP contribution < -0.4 is 5.32 Å². The van der Waals surface area contributed by atoms with Crippen LogP contribution in [0.1, 0.15) is 43.1 Å². The fraction of sp³-hybridized carbons (Fsp3) is 0.438. The zero-order valence-corrected chi connectivity index (χ0v) is 12.8. The molecule has 114 valence electrons. The van der Waals surface area contributed by atoms with Gasteiger partial charge in [-0.15, -0.1) is 0 Å². The van der Waals surface area contributed by atoms with Gasteiger partial charge in [-0.05, 0) is 19.1 Å². The summed E-state index contributed by atoms with van der Waals surface area (Å²) in [5.74, 6) is -1.92. The maximum atomic E-state index is 12.1. The molecule has 5 nitrogen and oxygen atoms in total. The number of nitrogens with one attached hydrogen (secondary N) is 1. The maximum Gasteiger partial charge on any atom is 0.326 e. The first kappa shape index (κ1) is 16.9. The molecule has 21 heavy (non-hydrogen) atoms. The van der Waals surface area contributed by atoms with Gasteiger partial charge in [0.25, 0.3) is 5.91 Å². The molecule has 1 amide bonds. The Morgan fingerprint density at radius 2 is 1.86 bits per heavy atom. The van der Waals surface area contributed by atoms with Crippen LogP contribution in [0.3, 0.4) is 0 Å². The Labute approximate surface area is 124 Å². The summed E-state index contributed by atoms with van der Waals surface area (Å²) in [7, 11) is 0. The Morgan fingerprint density at radius 3 is 2.33 bits per heavy atom. The maximum absolute atomic E-state index is 12.1. The summed E-state index contributed by atoms with van der Waals surface area (Å²) in [5, 5.41) is 11.6. The molecule has 0 aliphatic carbocycles. The summed E-state index contributed by atoms with van der Waals surface area (Å²) in [4.78, 5) is 35.2. The molecule has 0 bridgehead atoms.